The minimum atomic E-state index is -0.333. The lowest BCUT2D eigenvalue weighted by atomic mass is 10.0. The normalized spacial score (nSPS) is 16.8. The maximum Gasteiger partial charge on any atom is 0.125 e. The van der Waals surface area contributed by atoms with Crippen molar-refractivity contribution in [3.8, 4) is 17.2 Å². The van der Waals surface area contributed by atoms with Crippen molar-refractivity contribution in [2.45, 2.75) is 32.6 Å². The summed E-state index contributed by atoms with van der Waals surface area (Å²) in [6.45, 7) is 5.76. The topological polar surface area (TPSA) is 34.2 Å². The van der Waals surface area contributed by atoms with Crippen LogP contribution in [0.5, 0.6) is 17.2 Å². The fourth-order valence-corrected chi connectivity index (χ4v) is 4.91. The molecule has 0 amide bonds. The fourth-order valence-electron chi connectivity index (χ4n) is 4.68. The summed E-state index contributed by atoms with van der Waals surface area (Å²) in [4.78, 5) is 4.81. The van der Waals surface area contributed by atoms with Gasteiger partial charge >= 0.3 is 0 Å². The summed E-state index contributed by atoms with van der Waals surface area (Å²) < 4.78 is 30.6. The third-order valence-corrected chi connectivity index (χ3v) is 6.66. The summed E-state index contributed by atoms with van der Waals surface area (Å²) in [6, 6.07) is 18.7. The number of halogens is 2. The molecule has 4 rings (SSSR count). The van der Waals surface area contributed by atoms with E-state index >= 15 is 0 Å². The molecule has 0 aromatic heterocycles. The third-order valence-electron chi connectivity index (χ3n) is 6.31. The Bertz CT molecular complexity index is 1130. The Labute approximate surface area is 212 Å². The third kappa shape index (κ3) is 6.07. The maximum absolute atomic E-state index is 13.7. The number of ether oxygens (including phenoxy) is 3. The maximum atomic E-state index is 13.7. The molecule has 3 aromatic rings. The van der Waals surface area contributed by atoms with Crippen LogP contribution in [0.2, 0.25) is 5.02 Å². The van der Waals surface area contributed by atoms with E-state index in [1.165, 1.54) is 17.7 Å². The van der Waals surface area contributed by atoms with Gasteiger partial charge in [0.1, 0.15) is 23.1 Å². The molecule has 5 nitrogen and oxygen atoms in total. The van der Waals surface area contributed by atoms with Crippen molar-refractivity contribution >= 4 is 11.6 Å². The Morgan fingerprint density at radius 1 is 0.886 bits per heavy atom. The van der Waals surface area contributed by atoms with Crippen molar-refractivity contribution in [1.82, 2.24) is 9.80 Å². The fraction of sp³-hybridized carbons (Fsp3) is 0.357. The second kappa shape index (κ2) is 11.8. The molecule has 3 aromatic carbocycles. The molecule has 0 N–H and O–H groups in total. The van der Waals surface area contributed by atoms with Crippen LogP contribution in [0.25, 0.3) is 0 Å². The van der Waals surface area contributed by atoms with Crippen LogP contribution in [0.4, 0.5) is 4.39 Å². The van der Waals surface area contributed by atoms with Crippen LogP contribution in [0.15, 0.2) is 60.7 Å². The Balaban J connectivity index is 1.70. The molecule has 35 heavy (non-hydrogen) atoms. The molecule has 7 heteroatoms. The second-order valence-corrected chi connectivity index (χ2v) is 9.00. The van der Waals surface area contributed by atoms with E-state index in [1.807, 2.05) is 37.3 Å². The van der Waals surface area contributed by atoms with E-state index < -0.39 is 0 Å². The average molecular weight is 499 g/mol. The highest BCUT2D eigenvalue weighted by Crippen LogP contribution is 2.39. The molecule has 1 fully saturated rings. The number of hydrogen-bond acceptors (Lipinski definition) is 5. The van der Waals surface area contributed by atoms with Crippen LogP contribution in [0.1, 0.15) is 36.2 Å². The minimum absolute atomic E-state index is 0.0820. The number of hydrogen-bond donors (Lipinski definition) is 0. The van der Waals surface area contributed by atoms with Gasteiger partial charge in [-0.3, -0.25) is 9.80 Å². The number of benzene rings is 3. The molecule has 0 saturated carbocycles. The number of methoxy groups -OCH3 is 2. The zero-order valence-electron chi connectivity index (χ0n) is 20.5. The zero-order valence-corrected chi connectivity index (χ0v) is 21.2. The van der Waals surface area contributed by atoms with Crippen molar-refractivity contribution in [3.05, 3.63) is 88.2 Å². The predicted octanol–water partition coefficient (Wildman–Crippen LogP) is 6.30. The molecule has 0 radical (unpaired) electrons. The standard InChI is InChI=1S/C28H32ClFN2O3/c1-4-35-23-10-6-20(7-11-23)18-31-14-5-15-32(19-21-8-9-22(30)16-26(21)29)28(31)25-17-24(33-2)12-13-27(25)34-3/h6-13,16-17,28H,4-5,14-15,18-19H2,1-3H3/t28-/m0/s1. The largest absolute Gasteiger partial charge is 0.497 e. The van der Waals surface area contributed by atoms with Crippen LogP contribution in [0.3, 0.4) is 0 Å². The first-order valence-corrected chi connectivity index (χ1v) is 12.3. The van der Waals surface area contributed by atoms with Gasteiger partial charge in [0.2, 0.25) is 0 Å². The molecular formula is C28H32ClFN2O3. The molecule has 0 unspecified atom stereocenters. The molecule has 0 aliphatic carbocycles. The van der Waals surface area contributed by atoms with Crippen LogP contribution in [-0.4, -0.2) is 43.7 Å². The Kier molecular flexibility index (Phi) is 8.50. The quantitative estimate of drug-likeness (QED) is 0.346. The Morgan fingerprint density at radius 2 is 1.60 bits per heavy atom. The molecule has 186 valence electrons. The second-order valence-electron chi connectivity index (χ2n) is 8.59. The number of rotatable bonds is 9. The van der Waals surface area contributed by atoms with Crippen LogP contribution >= 0.6 is 11.6 Å². The lowest BCUT2D eigenvalue weighted by Crippen LogP contribution is -2.47. The first-order valence-electron chi connectivity index (χ1n) is 11.9. The summed E-state index contributed by atoms with van der Waals surface area (Å²) in [5, 5.41) is 0.435. The van der Waals surface area contributed by atoms with E-state index in [9.17, 15) is 4.39 Å². The first-order chi connectivity index (χ1) is 17.0. The highest BCUT2D eigenvalue weighted by atomic mass is 35.5. The summed E-state index contributed by atoms with van der Waals surface area (Å²) in [6.07, 6.45) is 0.917. The average Bonchev–Trinajstić information content (AvgIpc) is 2.87. The smallest absolute Gasteiger partial charge is 0.125 e. The van der Waals surface area contributed by atoms with Gasteiger partial charge in [0.25, 0.3) is 0 Å². The summed E-state index contributed by atoms with van der Waals surface area (Å²) in [7, 11) is 3.35. The molecular weight excluding hydrogens is 467 g/mol. The van der Waals surface area contributed by atoms with Gasteiger partial charge in [-0.25, -0.2) is 4.39 Å². The van der Waals surface area contributed by atoms with Crippen LogP contribution in [-0.2, 0) is 13.1 Å². The van der Waals surface area contributed by atoms with E-state index in [1.54, 1.807) is 20.3 Å². The van der Waals surface area contributed by atoms with Crippen molar-refractivity contribution in [3.63, 3.8) is 0 Å². The van der Waals surface area contributed by atoms with Crippen LogP contribution < -0.4 is 14.2 Å². The predicted molar refractivity (Wildman–Crippen MR) is 137 cm³/mol. The van der Waals surface area contributed by atoms with E-state index in [2.05, 4.69) is 21.9 Å². The van der Waals surface area contributed by atoms with Gasteiger partial charge in [0.15, 0.2) is 0 Å². The van der Waals surface area contributed by atoms with Gasteiger partial charge in [-0.2, -0.15) is 0 Å². The Hall–Kier alpha value is -2.80. The van der Waals surface area contributed by atoms with Crippen molar-refractivity contribution < 1.29 is 18.6 Å². The molecule has 1 aliphatic rings. The molecule has 1 aliphatic heterocycles. The van der Waals surface area contributed by atoms with E-state index in [0.717, 1.165) is 54.4 Å². The monoisotopic (exact) mass is 498 g/mol. The van der Waals surface area contributed by atoms with E-state index in [4.69, 9.17) is 25.8 Å². The van der Waals surface area contributed by atoms with Crippen LogP contribution in [0, 0.1) is 5.82 Å². The highest BCUT2D eigenvalue weighted by Gasteiger charge is 2.33. The van der Waals surface area contributed by atoms with Gasteiger partial charge in [0, 0.05) is 36.8 Å². The lowest BCUT2D eigenvalue weighted by molar-refractivity contribution is -0.0104. The van der Waals surface area contributed by atoms with Gasteiger partial charge in [-0.15, -0.1) is 0 Å². The summed E-state index contributed by atoms with van der Waals surface area (Å²) >= 11 is 6.42. The van der Waals surface area contributed by atoms with Gasteiger partial charge in [0.05, 0.1) is 27.0 Å². The van der Waals surface area contributed by atoms with Gasteiger partial charge in [-0.1, -0.05) is 29.8 Å². The SMILES string of the molecule is CCOc1ccc(CN2CCCN(Cc3ccc(F)cc3Cl)[C@H]2c2cc(OC)ccc2OC)cc1. The van der Waals surface area contributed by atoms with E-state index in [-0.39, 0.29) is 12.0 Å². The van der Waals surface area contributed by atoms with Gasteiger partial charge < -0.3 is 14.2 Å². The van der Waals surface area contributed by atoms with Crippen molar-refractivity contribution in [2.75, 3.05) is 33.9 Å². The summed E-state index contributed by atoms with van der Waals surface area (Å²) in [5.41, 5.74) is 3.11. The van der Waals surface area contributed by atoms with E-state index in [0.29, 0.717) is 18.2 Å². The van der Waals surface area contributed by atoms with Crippen molar-refractivity contribution in [1.29, 1.82) is 0 Å². The Morgan fingerprint density at radius 3 is 2.26 bits per heavy atom. The molecule has 1 saturated heterocycles. The number of nitrogens with zero attached hydrogens (tertiary/aromatic N) is 2. The first kappa shape index (κ1) is 25.3. The lowest BCUT2D eigenvalue weighted by Gasteiger charge is -2.45. The highest BCUT2D eigenvalue weighted by molar-refractivity contribution is 6.31. The van der Waals surface area contributed by atoms with Crippen molar-refractivity contribution in [2.24, 2.45) is 0 Å². The summed E-state index contributed by atoms with van der Waals surface area (Å²) in [5.74, 6) is 2.10. The van der Waals surface area contributed by atoms with Gasteiger partial charge in [-0.05, 0) is 66.9 Å². The minimum Gasteiger partial charge on any atom is -0.497 e. The molecule has 1 heterocycles. The molecule has 0 spiro atoms. The zero-order chi connectivity index (χ0) is 24.8. The molecule has 0 bridgehead atoms. The molecule has 1 atom stereocenters.